The van der Waals surface area contributed by atoms with Crippen LogP contribution in [0, 0.1) is 0 Å². The molecule has 3 atom stereocenters. The summed E-state index contributed by atoms with van der Waals surface area (Å²) in [5, 5.41) is 0. The second-order valence-corrected chi connectivity index (χ2v) is 6.42. The number of aromatic nitrogens is 1. The van der Waals surface area contributed by atoms with Crippen LogP contribution in [-0.4, -0.2) is 47.2 Å². The number of morpholine rings is 1. The Morgan fingerprint density at radius 1 is 1.35 bits per heavy atom. The monoisotopic (exact) mass is 314 g/mol. The lowest BCUT2D eigenvalue weighted by molar-refractivity contribution is -0.143. The molecule has 1 aromatic heterocycles. The Bertz CT molecular complexity index is 602. The molecule has 23 heavy (non-hydrogen) atoms. The molecule has 2 aliphatic carbocycles. The van der Waals surface area contributed by atoms with Crippen LogP contribution in [-0.2, 0) is 9.53 Å². The highest BCUT2D eigenvalue weighted by molar-refractivity contribution is 5.94. The van der Waals surface area contributed by atoms with E-state index in [2.05, 4.69) is 11.1 Å². The fourth-order valence-corrected chi connectivity index (χ4v) is 3.92. The van der Waals surface area contributed by atoms with Gasteiger partial charge in [0, 0.05) is 24.4 Å². The van der Waals surface area contributed by atoms with Crippen molar-refractivity contribution in [1.82, 2.24) is 9.88 Å². The third-order valence-corrected chi connectivity index (χ3v) is 5.02. The summed E-state index contributed by atoms with van der Waals surface area (Å²) in [6.45, 7) is 1.27. The van der Waals surface area contributed by atoms with Gasteiger partial charge in [-0.1, -0.05) is 12.1 Å². The number of carbonyl (C=O) groups excluding carboxylic acids is 1. The first-order valence-corrected chi connectivity index (χ1v) is 8.52. The second-order valence-electron chi connectivity index (χ2n) is 6.42. The van der Waals surface area contributed by atoms with Crippen LogP contribution in [0.3, 0.4) is 0 Å². The Kier molecular flexibility index (Phi) is 4.04. The zero-order chi connectivity index (χ0) is 15.6. The number of rotatable bonds is 3. The summed E-state index contributed by atoms with van der Waals surface area (Å²) in [4.78, 5) is 19.0. The smallest absolute Gasteiger partial charge is 0.249 e. The first kappa shape index (κ1) is 14.7. The van der Waals surface area contributed by atoms with Gasteiger partial charge in [0.1, 0.15) is 12.2 Å². The quantitative estimate of drug-likeness (QED) is 0.859. The summed E-state index contributed by atoms with van der Waals surface area (Å²) in [6, 6.07) is 5.78. The summed E-state index contributed by atoms with van der Waals surface area (Å²) in [6.07, 6.45) is 8.64. The van der Waals surface area contributed by atoms with Gasteiger partial charge in [-0.3, -0.25) is 4.79 Å². The van der Waals surface area contributed by atoms with Crippen molar-refractivity contribution in [1.29, 1.82) is 0 Å². The molecular formula is C18H22N2O3. The molecule has 1 aliphatic heterocycles. The highest BCUT2D eigenvalue weighted by Crippen LogP contribution is 2.34. The van der Waals surface area contributed by atoms with Crippen molar-refractivity contribution in [3.63, 3.8) is 0 Å². The van der Waals surface area contributed by atoms with E-state index in [0.29, 0.717) is 19.0 Å². The molecule has 0 unspecified atom stereocenters. The Morgan fingerprint density at radius 2 is 2.30 bits per heavy atom. The van der Waals surface area contributed by atoms with Crippen LogP contribution in [0.25, 0.3) is 0 Å². The number of ether oxygens (including phenoxy) is 2. The van der Waals surface area contributed by atoms with Gasteiger partial charge in [-0.15, -0.1) is 0 Å². The van der Waals surface area contributed by atoms with Crippen LogP contribution in [0.15, 0.2) is 36.0 Å². The predicted octanol–water partition coefficient (Wildman–Crippen LogP) is 2.33. The fraction of sp³-hybridized carbons (Fsp3) is 0.556. The molecule has 0 N–H and O–H groups in total. The first-order valence-electron chi connectivity index (χ1n) is 8.52. The van der Waals surface area contributed by atoms with E-state index in [0.717, 1.165) is 37.7 Å². The zero-order valence-corrected chi connectivity index (χ0v) is 13.2. The summed E-state index contributed by atoms with van der Waals surface area (Å²) in [5.41, 5.74) is 0.986. The summed E-state index contributed by atoms with van der Waals surface area (Å²) >= 11 is 0. The van der Waals surface area contributed by atoms with Gasteiger partial charge in [0.25, 0.3) is 0 Å². The lowest BCUT2D eigenvalue weighted by Gasteiger charge is -2.39. The number of carbonyl (C=O) groups is 1. The molecule has 0 aromatic carbocycles. The molecule has 4 rings (SSSR count). The molecule has 0 spiro atoms. The molecule has 0 radical (unpaired) electrons. The van der Waals surface area contributed by atoms with Gasteiger partial charge in [-0.05, 0) is 38.2 Å². The Hall–Kier alpha value is -1.88. The van der Waals surface area contributed by atoms with Crippen molar-refractivity contribution in [2.75, 3.05) is 13.2 Å². The molecule has 0 bridgehead atoms. The lowest BCUT2D eigenvalue weighted by atomic mass is 10.1. The second kappa shape index (κ2) is 6.32. The number of hydrogen-bond donors (Lipinski definition) is 0. The Morgan fingerprint density at radius 3 is 3.09 bits per heavy atom. The molecule has 122 valence electrons. The van der Waals surface area contributed by atoms with Crippen molar-refractivity contribution in [3.05, 3.63) is 36.0 Å². The average molecular weight is 314 g/mol. The highest BCUT2D eigenvalue weighted by atomic mass is 16.5. The van der Waals surface area contributed by atoms with E-state index in [-0.39, 0.29) is 24.2 Å². The van der Waals surface area contributed by atoms with Crippen molar-refractivity contribution in [3.8, 4) is 5.88 Å². The third kappa shape index (κ3) is 2.85. The van der Waals surface area contributed by atoms with Crippen molar-refractivity contribution in [2.45, 2.75) is 50.4 Å². The average Bonchev–Trinajstić information content (AvgIpc) is 3.25. The fourth-order valence-electron chi connectivity index (χ4n) is 3.92. The lowest BCUT2D eigenvalue weighted by Crippen LogP contribution is -2.54. The van der Waals surface area contributed by atoms with Crippen LogP contribution < -0.4 is 4.74 Å². The summed E-state index contributed by atoms with van der Waals surface area (Å²) in [5.74, 6) is 0.836. The maximum Gasteiger partial charge on any atom is 0.249 e. The molecule has 1 amide bonds. The first-order chi connectivity index (χ1) is 11.3. The van der Waals surface area contributed by atoms with E-state index in [9.17, 15) is 4.79 Å². The van der Waals surface area contributed by atoms with Gasteiger partial charge < -0.3 is 14.4 Å². The predicted molar refractivity (Wildman–Crippen MR) is 85.1 cm³/mol. The third-order valence-electron chi connectivity index (χ3n) is 5.02. The Balaban J connectivity index is 1.47. The number of nitrogens with zero attached hydrogens (tertiary/aromatic N) is 2. The van der Waals surface area contributed by atoms with Gasteiger partial charge >= 0.3 is 0 Å². The molecule has 5 heteroatoms. The molecule has 1 aromatic rings. The van der Waals surface area contributed by atoms with Gasteiger partial charge in [0.15, 0.2) is 0 Å². The molecule has 3 aliphatic rings. The van der Waals surface area contributed by atoms with Crippen LogP contribution in [0.4, 0.5) is 0 Å². The number of allylic oxidation sites excluding steroid dienone is 1. The van der Waals surface area contributed by atoms with Gasteiger partial charge in [-0.2, -0.15) is 0 Å². The van der Waals surface area contributed by atoms with Crippen molar-refractivity contribution in [2.24, 2.45) is 0 Å². The van der Waals surface area contributed by atoms with E-state index >= 15 is 0 Å². The van der Waals surface area contributed by atoms with E-state index in [1.165, 1.54) is 0 Å². The molecular weight excluding hydrogens is 292 g/mol. The van der Waals surface area contributed by atoms with Crippen LogP contribution in [0.2, 0.25) is 0 Å². The van der Waals surface area contributed by atoms with Crippen LogP contribution in [0.5, 0.6) is 5.88 Å². The van der Waals surface area contributed by atoms with Crippen LogP contribution >= 0.6 is 0 Å². The van der Waals surface area contributed by atoms with E-state index in [4.69, 9.17) is 9.47 Å². The van der Waals surface area contributed by atoms with E-state index in [1.54, 1.807) is 6.20 Å². The minimum absolute atomic E-state index is 0.0249. The van der Waals surface area contributed by atoms with Gasteiger partial charge in [-0.25, -0.2) is 4.98 Å². The molecule has 2 fully saturated rings. The number of amides is 1. The maximum absolute atomic E-state index is 12.8. The largest absolute Gasteiger partial charge is 0.471 e. The van der Waals surface area contributed by atoms with Gasteiger partial charge in [0.2, 0.25) is 11.8 Å². The van der Waals surface area contributed by atoms with Crippen LogP contribution in [0.1, 0.15) is 32.1 Å². The Labute approximate surface area is 136 Å². The topological polar surface area (TPSA) is 51.7 Å². The zero-order valence-electron chi connectivity index (χ0n) is 13.2. The summed E-state index contributed by atoms with van der Waals surface area (Å²) < 4.78 is 12.0. The number of pyridine rings is 1. The maximum atomic E-state index is 12.8. The van der Waals surface area contributed by atoms with E-state index in [1.807, 2.05) is 23.1 Å². The van der Waals surface area contributed by atoms with Crippen molar-refractivity contribution < 1.29 is 14.3 Å². The van der Waals surface area contributed by atoms with E-state index < -0.39 is 0 Å². The highest BCUT2D eigenvalue weighted by Gasteiger charge is 2.46. The minimum atomic E-state index is -0.0447. The SMILES string of the molecule is O=C(C1=CCCC1)N1CCO[C@H]2[C@@H](Oc3ccccn3)CC[C@@H]21. The molecule has 5 nitrogen and oxygen atoms in total. The minimum Gasteiger partial charge on any atom is -0.471 e. The molecule has 1 saturated heterocycles. The standard InChI is InChI=1S/C18H22N2O3/c21-18(13-5-1-2-6-13)20-11-12-22-17-14(20)8-9-15(17)23-16-7-3-4-10-19-16/h3-5,7,10,14-15,17H,1-2,6,8-9,11-12H2/t14-,15-,17+/m0/s1. The number of fused-ring (bicyclic) bond motifs is 1. The van der Waals surface area contributed by atoms with Gasteiger partial charge in [0.05, 0.1) is 12.6 Å². The van der Waals surface area contributed by atoms with Crippen molar-refractivity contribution >= 4 is 5.91 Å². The number of hydrogen-bond acceptors (Lipinski definition) is 4. The molecule has 2 heterocycles. The summed E-state index contributed by atoms with van der Waals surface area (Å²) in [7, 11) is 0. The molecule has 1 saturated carbocycles. The normalized spacial score (nSPS) is 30.0.